The lowest BCUT2D eigenvalue weighted by atomic mass is 10.2. The van der Waals surface area contributed by atoms with Gasteiger partial charge in [-0.15, -0.1) is 24.0 Å². The molecular formula is C20H25IN4O. The molecule has 3 aromatic rings. The first-order valence-electron chi connectivity index (χ1n) is 8.50. The summed E-state index contributed by atoms with van der Waals surface area (Å²) in [6, 6.07) is 18.4. The quantitative estimate of drug-likeness (QED) is 0.293. The van der Waals surface area contributed by atoms with Gasteiger partial charge in [0.15, 0.2) is 5.96 Å². The van der Waals surface area contributed by atoms with Crippen LogP contribution in [-0.2, 0) is 13.1 Å². The Morgan fingerprint density at radius 3 is 2.69 bits per heavy atom. The van der Waals surface area contributed by atoms with E-state index in [0.29, 0.717) is 13.1 Å². The van der Waals surface area contributed by atoms with Crippen LogP contribution in [0.2, 0.25) is 0 Å². The van der Waals surface area contributed by atoms with Gasteiger partial charge in [0.05, 0.1) is 20.2 Å². The molecule has 3 N–H and O–H groups in total. The molecule has 2 aromatic carbocycles. The van der Waals surface area contributed by atoms with Crippen LogP contribution in [0.5, 0.6) is 5.75 Å². The fourth-order valence-corrected chi connectivity index (χ4v) is 2.69. The summed E-state index contributed by atoms with van der Waals surface area (Å²) < 4.78 is 5.26. The third kappa shape index (κ3) is 5.39. The summed E-state index contributed by atoms with van der Waals surface area (Å²) in [5, 5.41) is 7.87. The first-order chi connectivity index (χ1) is 12.3. The highest BCUT2D eigenvalue weighted by atomic mass is 127. The third-order valence-corrected chi connectivity index (χ3v) is 3.93. The molecule has 0 atom stereocenters. The SMILES string of the molecule is CCNC(=NCc1cccc(OC)c1)NCc1cc2ccccc2[nH]1.I. The van der Waals surface area contributed by atoms with Crippen LogP contribution in [0, 0.1) is 0 Å². The Hall–Kier alpha value is -2.22. The zero-order valence-corrected chi connectivity index (χ0v) is 17.4. The summed E-state index contributed by atoms with van der Waals surface area (Å²) >= 11 is 0. The van der Waals surface area contributed by atoms with E-state index in [-0.39, 0.29) is 24.0 Å². The molecule has 0 aliphatic rings. The number of halogens is 1. The number of guanidine groups is 1. The number of hydrogen-bond donors (Lipinski definition) is 3. The standard InChI is InChI=1S/C20H24N4O.HI/c1-3-21-20(22-13-15-7-6-9-18(11-15)25-2)23-14-17-12-16-8-4-5-10-19(16)24-17;/h4-12,24H,3,13-14H2,1-2H3,(H2,21,22,23);1H. The van der Waals surface area contributed by atoms with E-state index >= 15 is 0 Å². The van der Waals surface area contributed by atoms with Crippen LogP contribution < -0.4 is 15.4 Å². The molecular weight excluding hydrogens is 439 g/mol. The predicted molar refractivity (Wildman–Crippen MR) is 118 cm³/mol. The first kappa shape index (κ1) is 20.1. The zero-order valence-electron chi connectivity index (χ0n) is 15.1. The van der Waals surface area contributed by atoms with Gasteiger partial charge >= 0.3 is 0 Å². The van der Waals surface area contributed by atoms with E-state index in [1.54, 1.807) is 7.11 Å². The Bertz CT molecular complexity index is 827. The Morgan fingerprint density at radius 2 is 1.92 bits per heavy atom. The molecule has 3 rings (SSSR count). The third-order valence-electron chi connectivity index (χ3n) is 3.93. The van der Waals surface area contributed by atoms with Crippen molar-refractivity contribution in [2.75, 3.05) is 13.7 Å². The lowest BCUT2D eigenvalue weighted by Gasteiger charge is -2.11. The summed E-state index contributed by atoms with van der Waals surface area (Å²) in [6.45, 7) is 4.17. The molecule has 0 saturated carbocycles. The molecule has 1 aromatic heterocycles. The highest BCUT2D eigenvalue weighted by Crippen LogP contribution is 2.15. The Morgan fingerprint density at radius 1 is 1.08 bits per heavy atom. The fourth-order valence-electron chi connectivity index (χ4n) is 2.69. The van der Waals surface area contributed by atoms with E-state index in [1.807, 2.05) is 36.4 Å². The van der Waals surface area contributed by atoms with Crippen molar-refractivity contribution >= 4 is 40.8 Å². The molecule has 0 spiro atoms. The lowest BCUT2D eigenvalue weighted by molar-refractivity contribution is 0.414. The number of aromatic nitrogens is 1. The van der Waals surface area contributed by atoms with Crippen LogP contribution in [0.1, 0.15) is 18.2 Å². The van der Waals surface area contributed by atoms with Gasteiger partial charge in [-0.05, 0) is 42.1 Å². The van der Waals surface area contributed by atoms with Crippen molar-refractivity contribution in [3.8, 4) is 5.75 Å². The van der Waals surface area contributed by atoms with Crippen molar-refractivity contribution in [2.24, 2.45) is 4.99 Å². The number of para-hydroxylation sites is 1. The molecule has 0 bridgehead atoms. The van der Waals surface area contributed by atoms with Crippen molar-refractivity contribution in [3.05, 3.63) is 65.9 Å². The maximum atomic E-state index is 5.26. The van der Waals surface area contributed by atoms with Gasteiger partial charge in [0.2, 0.25) is 0 Å². The number of hydrogen-bond acceptors (Lipinski definition) is 2. The van der Waals surface area contributed by atoms with Crippen LogP contribution in [0.4, 0.5) is 0 Å². The van der Waals surface area contributed by atoms with Crippen molar-refractivity contribution < 1.29 is 4.74 Å². The van der Waals surface area contributed by atoms with Crippen molar-refractivity contribution in [3.63, 3.8) is 0 Å². The number of rotatable bonds is 6. The summed E-state index contributed by atoms with van der Waals surface area (Å²) in [5.41, 5.74) is 3.40. The van der Waals surface area contributed by atoms with E-state index in [2.05, 4.69) is 45.7 Å². The molecule has 26 heavy (non-hydrogen) atoms. The lowest BCUT2D eigenvalue weighted by Crippen LogP contribution is -2.36. The van der Waals surface area contributed by atoms with Gasteiger partial charge in [-0.3, -0.25) is 0 Å². The van der Waals surface area contributed by atoms with Crippen molar-refractivity contribution in [1.82, 2.24) is 15.6 Å². The largest absolute Gasteiger partial charge is 0.497 e. The molecule has 0 aliphatic heterocycles. The predicted octanol–water partition coefficient (Wildman–Crippen LogP) is 4.05. The topological polar surface area (TPSA) is 61.4 Å². The van der Waals surface area contributed by atoms with E-state index < -0.39 is 0 Å². The number of benzene rings is 2. The maximum absolute atomic E-state index is 5.26. The van der Waals surface area contributed by atoms with Gasteiger partial charge in [0, 0.05) is 17.8 Å². The van der Waals surface area contributed by atoms with Crippen molar-refractivity contribution in [1.29, 1.82) is 0 Å². The molecule has 138 valence electrons. The summed E-state index contributed by atoms with van der Waals surface area (Å²) in [5.74, 6) is 1.65. The molecule has 0 aliphatic carbocycles. The minimum atomic E-state index is 0. The van der Waals surface area contributed by atoms with Gasteiger partial charge in [0.25, 0.3) is 0 Å². The number of ether oxygens (including phenoxy) is 1. The van der Waals surface area contributed by atoms with Crippen LogP contribution >= 0.6 is 24.0 Å². The molecule has 5 nitrogen and oxygen atoms in total. The second-order valence-corrected chi connectivity index (χ2v) is 5.78. The number of nitrogens with zero attached hydrogens (tertiary/aromatic N) is 1. The van der Waals surface area contributed by atoms with E-state index in [1.165, 1.54) is 5.39 Å². The number of aromatic amines is 1. The van der Waals surface area contributed by atoms with Crippen LogP contribution in [-0.4, -0.2) is 24.6 Å². The van der Waals surface area contributed by atoms with E-state index in [0.717, 1.165) is 35.0 Å². The van der Waals surface area contributed by atoms with Crippen LogP contribution in [0.25, 0.3) is 10.9 Å². The van der Waals surface area contributed by atoms with Gasteiger partial charge < -0.3 is 20.4 Å². The summed E-state index contributed by atoms with van der Waals surface area (Å²) in [4.78, 5) is 8.07. The van der Waals surface area contributed by atoms with Gasteiger partial charge in [-0.1, -0.05) is 30.3 Å². The normalized spacial score (nSPS) is 11.1. The maximum Gasteiger partial charge on any atom is 0.191 e. The minimum absolute atomic E-state index is 0. The van der Waals surface area contributed by atoms with Crippen LogP contribution in [0.15, 0.2) is 59.6 Å². The van der Waals surface area contributed by atoms with Crippen LogP contribution in [0.3, 0.4) is 0 Å². The average molecular weight is 464 g/mol. The molecule has 0 amide bonds. The minimum Gasteiger partial charge on any atom is -0.497 e. The molecule has 0 saturated heterocycles. The second-order valence-electron chi connectivity index (χ2n) is 5.78. The van der Waals surface area contributed by atoms with E-state index in [9.17, 15) is 0 Å². The summed E-state index contributed by atoms with van der Waals surface area (Å²) in [7, 11) is 1.67. The Labute approximate surface area is 171 Å². The number of aliphatic imine (C=N–C) groups is 1. The molecule has 0 unspecified atom stereocenters. The Kier molecular flexibility index (Phi) is 7.77. The number of H-pyrrole nitrogens is 1. The fraction of sp³-hybridized carbons (Fsp3) is 0.250. The van der Waals surface area contributed by atoms with Crippen molar-refractivity contribution in [2.45, 2.75) is 20.0 Å². The number of fused-ring (bicyclic) bond motifs is 1. The molecule has 1 heterocycles. The smallest absolute Gasteiger partial charge is 0.191 e. The van der Waals surface area contributed by atoms with Gasteiger partial charge in [-0.2, -0.15) is 0 Å². The average Bonchev–Trinajstić information content (AvgIpc) is 3.07. The zero-order chi connectivity index (χ0) is 17.5. The Balaban J connectivity index is 0.00000243. The highest BCUT2D eigenvalue weighted by molar-refractivity contribution is 14.0. The molecule has 0 radical (unpaired) electrons. The summed E-state index contributed by atoms with van der Waals surface area (Å²) in [6.07, 6.45) is 0. The van der Waals surface area contributed by atoms with E-state index in [4.69, 9.17) is 4.74 Å². The monoisotopic (exact) mass is 464 g/mol. The second kappa shape index (κ2) is 10.1. The first-order valence-corrected chi connectivity index (χ1v) is 8.50. The highest BCUT2D eigenvalue weighted by Gasteiger charge is 2.02. The van der Waals surface area contributed by atoms with Gasteiger partial charge in [0.1, 0.15) is 5.75 Å². The molecule has 6 heteroatoms. The van der Waals surface area contributed by atoms with Gasteiger partial charge in [-0.25, -0.2) is 4.99 Å². The number of methoxy groups -OCH3 is 1. The molecule has 0 fully saturated rings. The number of nitrogens with one attached hydrogen (secondary N) is 3.